The summed E-state index contributed by atoms with van der Waals surface area (Å²) in [6, 6.07) is 4.90. The van der Waals surface area contributed by atoms with Gasteiger partial charge in [0.1, 0.15) is 11.5 Å². The number of alkyl halides is 2. The molecule has 148 valence electrons. The van der Waals surface area contributed by atoms with Crippen LogP contribution in [0.4, 0.5) is 8.78 Å². The van der Waals surface area contributed by atoms with E-state index in [2.05, 4.69) is 33.8 Å². The molecule has 1 aromatic carbocycles. The Morgan fingerprint density at radius 2 is 2.15 bits per heavy atom. The molecule has 26 heavy (non-hydrogen) atoms. The normalized spacial score (nSPS) is 16.9. The molecule has 0 spiro atoms. The van der Waals surface area contributed by atoms with Gasteiger partial charge in [0, 0.05) is 48.8 Å². The lowest BCUT2D eigenvalue weighted by atomic mass is 10.2. The lowest BCUT2D eigenvalue weighted by molar-refractivity contribution is -0.0505. The Balaban J connectivity index is 0.00000338. The molecule has 1 fully saturated rings. The monoisotopic (exact) mass is 501 g/mol. The molecule has 0 bridgehead atoms. The van der Waals surface area contributed by atoms with Crippen molar-refractivity contribution in [2.75, 3.05) is 33.0 Å². The van der Waals surface area contributed by atoms with Gasteiger partial charge in [-0.15, -0.1) is 24.0 Å². The number of rotatable bonds is 5. The Bertz CT molecular complexity index is 618. The fourth-order valence-corrected chi connectivity index (χ4v) is 3.83. The lowest BCUT2D eigenvalue weighted by Gasteiger charge is -2.39. The zero-order valence-corrected chi connectivity index (χ0v) is 18.6. The van der Waals surface area contributed by atoms with Crippen LogP contribution in [0.1, 0.15) is 19.4 Å². The summed E-state index contributed by atoms with van der Waals surface area (Å²) < 4.78 is 35.2. The molecule has 1 aromatic rings. The van der Waals surface area contributed by atoms with Crippen LogP contribution in [-0.4, -0.2) is 55.2 Å². The zero-order valence-electron chi connectivity index (χ0n) is 15.4. The summed E-state index contributed by atoms with van der Waals surface area (Å²) in [5.41, 5.74) is 0.618. The van der Waals surface area contributed by atoms with E-state index in [0.29, 0.717) is 17.9 Å². The fraction of sp³-hybridized carbons (Fsp3) is 0.588. The maximum atomic E-state index is 12.7. The third-order valence-electron chi connectivity index (χ3n) is 3.86. The van der Waals surface area contributed by atoms with E-state index in [9.17, 15) is 8.78 Å². The Labute approximate surface area is 174 Å². The van der Waals surface area contributed by atoms with Crippen molar-refractivity contribution in [3.8, 4) is 11.5 Å². The maximum absolute atomic E-state index is 12.7. The number of hydrogen-bond donors (Lipinski definition) is 1. The highest BCUT2D eigenvalue weighted by Gasteiger charge is 2.28. The predicted octanol–water partition coefficient (Wildman–Crippen LogP) is 3.82. The van der Waals surface area contributed by atoms with Crippen molar-refractivity contribution in [3.05, 3.63) is 23.8 Å². The summed E-state index contributed by atoms with van der Waals surface area (Å²) in [5.74, 6) is 2.35. The van der Waals surface area contributed by atoms with Crippen molar-refractivity contribution in [1.82, 2.24) is 10.2 Å². The highest BCUT2D eigenvalue weighted by atomic mass is 127. The number of nitrogens with zero attached hydrogens (tertiary/aromatic N) is 2. The van der Waals surface area contributed by atoms with E-state index in [0.717, 1.165) is 24.8 Å². The molecule has 0 radical (unpaired) electrons. The standard InChI is InChI=1S/C17H25F2N3O2S.HI/c1-17(2)11-22(7-8-25-17)16(20-3)21-10-12-5-6-13(23-4)9-14(12)24-15(18)19;/h5-6,9,15H,7-8,10-11H2,1-4H3,(H,20,21);1H. The van der Waals surface area contributed by atoms with E-state index in [1.165, 1.54) is 13.2 Å². The summed E-state index contributed by atoms with van der Waals surface area (Å²) in [7, 11) is 3.21. The van der Waals surface area contributed by atoms with E-state index >= 15 is 0 Å². The second kappa shape index (κ2) is 10.4. The number of halogens is 3. The molecule has 9 heteroatoms. The minimum absolute atomic E-state index is 0. The fourth-order valence-electron chi connectivity index (χ4n) is 2.72. The van der Waals surface area contributed by atoms with Gasteiger partial charge in [0.15, 0.2) is 5.96 Å². The molecule has 1 saturated heterocycles. The van der Waals surface area contributed by atoms with Crippen LogP contribution in [0.2, 0.25) is 0 Å². The van der Waals surface area contributed by atoms with E-state index in [4.69, 9.17) is 4.74 Å². The van der Waals surface area contributed by atoms with Crippen LogP contribution in [-0.2, 0) is 6.54 Å². The summed E-state index contributed by atoms with van der Waals surface area (Å²) in [5, 5.41) is 3.25. The molecule has 1 N–H and O–H groups in total. The second-order valence-corrected chi connectivity index (χ2v) is 8.08. The SMILES string of the molecule is CN=C(NCc1ccc(OC)cc1OC(F)F)N1CCSC(C)(C)C1.I. The number of benzene rings is 1. The minimum Gasteiger partial charge on any atom is -0.497 e. The molecule has 2 rings (SSSR count). The van der Waals surface area contributed by atoms with Crippen molar-refractivity contribution in [3.63, 3.8) is 0 Å². The predicted molar refractivity (Wildman–Crippen MR) is 113 cm³/mol. The van der Waals surface area contributed by atoms with Crippen LogP contribution in [0.5, 0.6) is 11.5 Å². The zero-order chi connectivity index (χ0) is 18.4. The second-order valence-electron chi connectivity index (χ2n) is 6.28. The molecule has 0 aliphatic carbocycles. The third kappa shape index (κ3) is 6.64. The van der Waals surface area contributed by atoms with Crippen LogP contribution >= 0.6 is 35.7 Å². The van der Waals surface area contributed by atoms with Gasteiger partial charge in [-0.1, -0.05) is 0 Å². The average Bonchev–Trinajstić information content (AvgIpc) is 2.55. The van der Waals surface area contributed by atoms with Gasteiger partial charge in [0.05, 0.1) is 7.11 Å². The number of aliphatic imine (C=N–C) groups is 1. The first-order valence-electron chi connectivity index (χ1n) is 8.06. The Kier molecular flexibility index (Phi) is 9.22. The number of ether oxygens (including phenoxy) is 2. The first kappa shape index (κ1) is 23.1. The molecule has 0 amide bonds. The Hall–Kier alpha value is -0.970. The van der Waals surface area contributed by atoms with E-state index < -0.39 is 6.61 Å². The van der Waals surface area contributed by atoms with Gasteiger partial charge in [-0.25, -0.2) is 0 Å². The Morgan fingerprint density at radius 3 is 2.73 bits per heavy atom. The van der Waals surface area contributed by atoms with Gasteiger partial charge in [-0.05, 0) is 26.0 Å². The molecule has 0 atom stereocenters. The van der Waals surface area contributed by atoms with Gasteiger partial charge < -0.3 is 19.7 Å². The van der Waals surface area contributed by atoms with Crippen LogP contribution in [0, 0.1) is 0 Å². The highest BCUT2D eigenvalue weighted by molar-refractivity contribution is 14.0. The van der Waals surface area contributed by atoms with Gasteiger partial charge in [0.2, 0.25) is 0 Å². The van der Waals surface area contributed by atoms with Crippen molar-refractivity contribution in [1.29, 1.82) is 0 Å². The lowest BCUT2D eigenvalue weighted by Crippen LogP contribution is -2.50. The Morgan fingerprint density at radius 1 is 1.42 bits per heavy atom. The van der Waals surface area contributed by atoms with Crippen LogP contribution in [0.15, 0.2) is 23.2 Å². The smallest absolute Gasteiger partial charge is 0.387 e. The van der Waals surface area contributed by atoms with E-state index in [-0.39, 0.29) is 34.5 Å². The van der Waals surface area contributed by atoms with Crippen molar-refractivity contribution >= 4 is 41.7 Å². The molecule has 5 nitrogen and oxygen atoms in total. The van der Waals surface area contributed by atoms with Gasteiger partial charge in [-0.3, -0.25) is 4.99 Å². The number of thioether (sulfide) groups is 1. The molecule has 0 unspecified atom stereocenters. The van der Waals surface area contributed by atoms with Crippen molar-refractivity contribution in [2.45, 2.75) is 31.8 Å². The summed E-state index contributed by atoms with van der Waals surface area (Å²) >= 11 is 1.94. The van der Waals surface area contributed by atoms with Gasteiger partial charge in [-0.2, -0.15) is 20.5 Å². The first-order valence-corrected chi connectivity index (χ1v) is 9.04. The topological polar surface area (TPSA) is 46.1 Å². The van der Waals surface area contributed by atoms with E-state index in [1.54, 1.807) is 19.2 Å². The molecule has 1 heterocycles. The maximum Gasteiger partial charge on any atom is 0.387 e. The van der Waals surface area contributed by atoms with Crippen LogP contribution in [0.25, 0.3) is 0 Å². The van der Waals surface area contributed by atoms with Gasteiger partial charge in [0.25, 0.3) is 0 Å². The third-order valence-corrected chi connectivity index (χ3v) is 5.16. The summed E-state index contributed by atoms with van der Waals surface area (Å²) in [6.45, 7) is 3.63. The quantitative estimate of drug-likeness (QED) is 0.378. The van der Waals surface area contributed by atoms with Crippen molar-refractivity contribution < 1.29 is 18.3 Å². The number of guanidine groups is 1. The molecule has 0 saturated carbocycles. The molecule has 1 aliphatic heterocycles. The van der Waals surface area contributed by atoms with Crippen LogP contribution in [0.3, 0.4) is 0 Å². The minimum atomic E-state index is -2.88. The molecule has 0 aromatic heterocycles. The molecular formula is C17H26F2IN3O2S. The van der Waals surface area contributed by atoms with E-state index in [1.807, 2.05) is 11.8 Å². The van der Waals surface area contributed by atoms with Crippen molar-refractivity contribution in [2.24, 2.45) is 4.99 Å². The number of hydrogen-bond acceptors (Lipinski definition) is 4. The molecule has 1 aliphatic rings. The number of methoxy groups -OCH3 is 1. The first-order chi connectivity index (χ1) is 11.8. The van der Waals surface area contributed by atoms with Gasteiger partial charge >= 0.3 is 6.61 Å². The van der Waals surface area contributed by atoms with Crippen LogP contribution < -0.4 is 14.8 Å². The summed E-state index contributed by atoms with van der Waals surface area (Å²) in [4.78, 5) is 6.51. The highest BCUT2D eigenvalue weighted by Crippen LogP contribution is 2.30. The largest absolute Gasteiger partial charge is 0.497 e. The summed E-state index contributed by atoms with van der Waals surface area (Å²) in [6.07, 6.45) is 0. The molecular weight excluding hydrogens is 475 g/mol. The number of nitrogens with one attached hydrogen (secondary N) is 1. The average molecular weight is 501 g/mol.